The number of ether oxygens (including phenoxy) is 1. The van der Waals surface area contributed by atoms with Crippen molar-refractivity contribution in [3.8, 4) is 0 Å². The highest BCUT2D eigenvalue weighted by molar-refractivity contribution is 5.82. The summed E-state index contributed by atoms with van der Waals surface area (Å²) in [6.07, 6.45) is 2.56. The van der Waals surface area contributed by atoms with Crippen LogP contribution >= 0.6 is 0 Å². The van der Waals surface area contributed by atoms with Gasteiger partial charge in [0.2, 0.25) is 0 Å². The number of Topliss-reactive ketones (excluding diaryl/α,β-unsaturated/α-hetero) is 1. The van der Waals surface area contributed by atoms with Gasteiger partial charge in [-0.25, -0.2) is 4.39 Å². The summed E-state index contributed by atoms with van der Waals surface area (Å²) in [7, 11) is 0. The molecule has 3 heteroatoms. The molecule has 1 rings (SSSR count). The minimum absolute atomic E-state index is 0.0327. The predicted octanol–water partition coefficient (Wildman–Crippen LogP) is 3.39. The quantitative estimate of drug-likeness (QED) is 0.709. The average Bonchev–Trinajstić information content (AvgIpc) is 2.32. The van der Waals surface area contributed by atoms with E-state index < -0.39 is 0 Å². The third-order valence-corrected chi connectivity index (χ3v) is 2.76. The molecule has 0 aliphatic rings. The van der Waals surface area contributed by atoms with Crippen LogP contribution in [0.3, 0.4) is 0 Å². The van der Waals surface area contributed by atoms with Gasteiger partial charge in [-0.1, -0.05) is 32.4 Å². The van der Waals surface area contributed by atoms with Crippen LogP contribution in [-0.2, 0) is 16.0 Å². The van der Waals surface area contributed by atoms with Crippen molar-refractivity contribution in [3.63, 3.8) is 0 Å². The summed E-state index contributed by atoms with van der Waals surface area (Å²) in [5.74, 6) is 0.245. The zero-order valence-corrected chi connectivity index (χ0v) is 11.1. The number of hydrogen-bond acceptors (Lipinski definition) is 2. The molecule has 0 saturated heterocycles. The Morgan fingerprint density at radius 2 is 2.00 bits per heavy atom. The van der Waals surface area contributed by atoms with Gasteiger partial charge in [-0.05, 0) is 30.0 Å². The topological polar surface area (TPSA) is 26.3 Å². The maximum absolute atomic E-state index is 12.7. The van der Waals surface area contributed by atoms with E-state index in [4.69, 9.17) is 4.74 Å². The Labute approximate surface area is 108 Å². The second-order valence-electron chi connectivity index (χ2n) is 4.75. The van der Waals surface area contributed by atoms with Crippen molar-refractivity contribution in [2.75, 3.05) is 13.2 Å². The summed E-state index contributed by atoms with van der Waals surface area (Å²) in [4.78, 5) is 11.6. The number of halogens is 1. The lowest BCUT2D eigenvalue weighted by molar-refractivity contribution is -0.123. The van der Waals surface area contributed by atoms with E-state index in [9.17, 15) is 9.18 Å². The summed E-state index contributed by atoms with van der Waals surface area (Å²) in [6.45, 7) is 5.03. The van der Waals surface area contributed by atoms with Crippen LogP contribution in [0.15, 0.2) is 24.3 Å². The summed E-state index contributed by atoms with van der Waals surface area (Å²) in [5.41, 5.74) is 0.826. The van der Waals surface area contributed by atoms with E-state index in [-0.39, 0.29) is 18.2 Å². The van der Waals surface area contributed by atoms with Crippen molar-refractivity contribution in [1.29, 1.82) is 0 Å². The van der Waals surface area contributed by atoms with Gasteiger partial charge in [0, 0.05) is 13.0 Å². The van der Waals surface area contributed by atoms with Gasteiger partial charge in [0.15, 0.2) is 5.78 Å². The zero-order chi connectivity index (χ0) is 13.4. The van der Waals surface area contributed by atoms with Crippen LogP contribution in [0.4, 0.5) is 4.39 Å². The molecule has 100 valence electrons. The molecule has 0 N–H and O–H groups in total. The molecule has 0 saturated carbocycles. The van der Waals surface area contributed by atoms with Gasteiger partial charge in [-0.3, -0.25) is 4.79 Å². The Morgan fingerprint density at radius 3 is 2.61 bits per heavy atom. The highest BCUT2D eigenvalue weighted by Crippen LogP contribution is 2.06. The number of carbonyl (C=O) groups excluding carboxylic acids is 1. The van der Waals surface area contributed by atoms with Gasteiger partial charge < -0.3 is 4.74 Å². The molecule has 0 heterocycles. The first-order valence-electron chi connectivity index (χ1n) is 6.45. The molecular formula is C15H21FO2. The normalized spacial score (nSPS) is 12.4. The van der Waals surface area contributed by atoms with Crippen LogP contribution in [-0.4, -0.2) is 19.0 Å². The first-order chi connectivity index (χ1) is 8.61. The standard InChI is InChI=1S/C15H21FO2/c1-3-4-12(2)10-18-11-15(17)9-13-5-7-14(16)8-6-13/h5-8,12H,3-4,9-11H2,1-2H3. The molecule has 0 aliphatic carbocycles. The average molecular weight is 252 g/mol. The van der Waals surface area contributed by atoms with Crippen LogP contribution in [0.25, 0.3) is 0 Å². The first-order valence-corrected chi connectivity index (χ1v) is 6.45. The van der Waals surface area contributed by atoms with Crippen LogP contribution in [0.1, 0.15) is 32.3 Å². The van der Waals surface area contributed by atoms with Crippen LogP contribution in [0.5, 0.6) is 0 Å². The fourth-order valence-electron chi connectivity index (χ4n) is 1.83. The molecule has 0 radical (unpaired) electrons. The van der Waals surface area contributed by atoms with Crippen molar-refractivity contribution in [2.45, 2.75) is 33.1 Å². The van der Waals surface area contributed by atoms with Gasteiger partial charge in [0.25, 0.3) is 0 Å². The SMILES string of the molecule is CCCC(C)COCC(=O)Cc1ccc(F)cc1. The molecule has 0 aliphatic heterocycles. The van der Waals surface area contributed by atoms with Crippen molar-refractivity contribution in [1.82, 2.24) is 0 Å². The van der Waals surface area contributed by atoms with Crippen LogP contribution < -0.4 is 0 Å². The van der Waals surface area contributed by atoms with E-state index >= 15 is 0 Å². The number of rotatable bonds is 8. The van der Waals surface area contributed by atoms with Gasteiger partial charge in [0.1, 0.15) is 12.4 Å². The Morgan fingerprint density at radius 1 is 1.33 bits per heavy atom. The summed E-state index contributed by atoms with van der Waals surface area (Å²) >= 11 is 0. The molecule has 0 bridgehead atoms. The molecule has 0 fully saturated rings. The lowest BCUT2D eigenvalue weighted by atomic mass is 10.1. The maximum atomic E-state index is 12.7. The molecule has 1 unspecified atom stereocenters. The molecule has 2 nitrogen and oxygen atoms in total. The monoisotopic (exact) mass is 252 g/mol. The smallest absolute Gasteiger partial charge is 0.162 e. The highest BCUT2D eigenvalue weighted by Gasteiger charge is 2.06. The van der Waals surface area contributed by atoms with Crippen LogP contribution in [0.2, 0.25) is 0 Å². The van der Waals surface area contributed by atoms with Crippen LogP contribution in [0, 0.1) is 11.7 Å². The Balaban J connectivity index is 2.23. The minimum Gasteiger partial charge on any atom is -0.373 e. The van der Waals surface area contributed by atoms with Crippen molar-refractivity contribution in [3.05, 3.63) is 35.6 Å². The number of carbonyl (C=O) groups is 1. The van der Waals surface area contributed by atoms with Crippen molar-refractivity contribution >= 4 is 5.78 Å². The molecule has 1 aromatic carbocycles. The number of ketones is 1. The second kappa shape index (κ2) is 7.98. The van der Waals surface area contributed by atoms with E-state index in [1.165, 1.54) is 12.1 Å². The maximum Gasteiger partial charge on any atom is 0.162 e. The summed E-state index contributed by atoms with van der Waals surface area (Å²) in [6, 6.07) is 6.00. The second-order valence-corrected chi connectivity index (χ2v) is 4.75. The van der Waals surface area contributed by atoms with E-state index in [0.717, 1.165) is 18.4 Å². The molecule has 1 atom stereocenters. The van der Waals surface area contributed by atoms with E-state index in [1.807, 2.05) is 0 Å². The Hall–Kier alpha value is -1.22. The van der Waals surface area contributed by atoms with Crippen molar-refractivity contribution in [2.24, 2.45) is 5.92 Å². The lowest BCUT2D eigenvalue weighted by Gasteiger charge is -2.10. The Bertz CT molecular complexity index is 359. The molecule has 0 spiro atoms. The molecule has 1 aromatic rings. The largest absolute Gasteiger partial charge is 0.373 e. The zero-order valence-electron chi connectivity index (χ0n) is 11.1. The van der Waals surface area contributed by atoms with E-state index in [1.54, 1.807) is 12.1 Å². The summed E-state index contributed by atoms with van der Waals surface area (Å²) in [5, 5.41) is 0. The van der Waals surface area contributed by atoms with E-state index in [2.05, 4.69) is 13.8 Å². The molecule has 18 heavy (non-hydrogen) atoms. The van der Waals surface area contributed by atoms with Gasteiger partial charge in [-0.15, -0.1) is 0 Å². The van der Waals surface area contributed by atoms with Gasteiger partial charge in [0.05, 0.1) is 0 Å². The minimum atomic E-state index is -0.282. The highest BCUT2D eigenvalue weighted by atomic mass is 19.1. The molecule has 0 aromatic heterocycles. The summed E-state index contributed by atoms with van der Waals surface area (Å²) < 4.78 is 18.1. The number of benzene rings is 1. The Kier molecular flexibility index (Phi) is 6.58. The predicted molar refractivity (Wildman–Crippen MR) is 70.0 cm³/mol. The van der Waals surface area contributed by atoms with Crippen molar-refractivity contribution < 1.29 is 13.9 Å². The fraction of sp³-hybridized carbons (Fsp3) is 0.533. The van der Waals surface area contributed by atoms with Gasteiger partial charge >= 0.3 is 0 Å². The first kappa shape index (κ1) is 14.8. The van der Waals surface area contributed by atoms with E-state index in [0.29, 0.717) is 18.9 Å². The molecule has 0 amide bonds. The van der Waals surface area contributed by atoms with Gasteiger partial charge in [-0.2, -0.15) is 0 Å². The molecular weight excluding hydrogens is 231 g/mol. The number of hydrogen-bond donors (Lipinski definition) is 0. The third kappa shape index (κ3) is 5.92. The third-order valence-electron chi connectivity index (χ3n) is 2.76. The lowest BCUT2D eigenvalue weighted by Crippen LogP contribution is -2.15. The fourth-order valence-corrected chi connectivity index (χ4v) is 1.83.